The Morgan fingerprint density at radius 3 is 2.58 bits per heavy atom. The van der Waals surface area contributed by atoms with Crippen molar-refractivity contribution in [1.29, 1.82) is 0 Å². The fraction of sp³-hybridized carbons (Fsp3) is 0.556. The monoisotopic (exact) mass is 331 g/mol. The molecule has 2 fully saturated rings. The molecule has 0 bridgehead atoms. The van der Waals surface area contributed by atoms with Gasteiger partial charge in [-0.1, -0.05) is 12.1 Å². The number of ether oxygens (including phenoxy) is 1. The van der Waals surface area contributed by atoms with Gasteiger partial charge in [-0.3, -0.25) is 9.59 Å². The van der Waals surface area contributed by atoms with Gasteiger partial charge in [-0.15, -0.1) is 0 Å². The van der Waals surface area contributed by atoms with Gasteiger partial charge in [0.25, 0.3) is 0 Å². The molecule has 24 heavy (non-hydrogen) atoms. The van der Waals surface area contributed by atoms with E-state index in [9.17, 15) is 9.59 Å². The van der Waals surface area contributed by atoms with Gasteiger partial charge in [0.15, 0.2) is 0 Å². The number of carbonyl (C=O) groups excluding carboxylic acids is 2. The highest BCUT2D eigenvalue weighted by Gasteiger charge is 2.35. The summed E-state index contributed by atoms with van der Waals surface area (Å²) in [7, 11) is 0. The summed E-state index contributed by atoms with van der Waals surface area (Å²) in [6.45, 7) is 2.28. The lowest BCUT2D eigenvalue weighted by atomic mass is 9.90. The minimum Gasteiger partial charge on any atom is -0.381 e. The number of hydrogen-bond acceptors (Lipinski definition) is 4. The van der Waals surface area contributed by atoms with Gasteiger partial charge in [-0.2, -0.15) is 0 Å². The first-order chi connectivity index (χ1) is 11.6. The summed E-state index contributed by atoms with van der Waals surface area (Å²) in [4.78, 5) is 26.1. The molecule has 3 N–H and O–H groups in total. The van der Waals surface area contributed by atoms with Crippen molar-refractivity contribution in [2.24, 2.45) is 5.73 Å². The second-order valence-corrected chi connectivity index (χ2v) is 6.62. The zero-order valence-electron chi connectivity index (χ0n) is 13.9. The van der Waals surface area contributed by atoms with Crippen molar-refractivity contribution in [3.63, 3.8) is 0 Å². The molecule has 1 aromatic rings. The highest BCUT2D eigenvalue weighted by Crippen LogP contribution is 2.22. The van der Waals surface area contributed by atoms with Crippen LogP contribution < -0.4 is 16.0 Å². The smallest absolute Gasteiger partial charge is 0.240 e. The van der Waals surface area contributed by atoms with Crippen molar-refractivity contribution < 1.29 is 14.3 Å². The predicted octanol–water partition coefficient (Wildman–Crippen LogP) is 1.33. The summed E-state index contributed by atoms with van der Waals surface area (Å²) in [6, 6.07) is 7.78. The van der Waals surface area contributed by atoms with E-state index in [0.717, 1.165) is 30.6 Å². The van der Waals surface area contributed by atoms with Crippen LogP contribution in [0.25, 0.3) is 0 Å². The zero-order valence-corrected chi connectivity index (χ0v) is 13.9. The highest BCUT2D eigenvalue weighted by molar-refractivity contribution is 5.94. The largest absolute Gasteiger partial charge is 0.381 e. The molecule has 130 valence electrons. The van der Waals surface area contributed by atoms with Gasteiger partial charge in [0.1, 0.15) is 0 Å². The van der Waals surface area contributed by atoms with Crippen molar-refractivity contribution in [1.82, 2.24) is 5.32 Å². The number of amides is 2. The maximum atomic E-state index is 12.3. The van der Waals surface area contributed by atoms with Crippen molar-refractivity contribution in [3.8, 4) is 0 Å². The van der Waals surface area contributed by atoms with Crippen molar-refractivity contribution in [3.05, 3.63) is 29.8 Å². The number of nitrogens with two attached hydrogens (primary N) is 1. The average molecular weight is 331 g/mol. The van der Waals surface area contributed by atoms with Crippen molar-refractivity contribution in [2.45, 2.75) is 44.2 Å². The van der Waals surface area contributed by atoms with Gasteiger partial charge in [-0.05, 0) is 43.4 Å². The molecule has 2 aliphatic heterocycles. The van der Waals surface area contributed by atoms with Gasteiger partial charge >= 0.3 is 0 Å². The van der Waals surface area contributed by atoms with Crippen LogP contribution in [0.5, 0.6) is 0 Å². The molecule has 2 aliphatic rings. The SMILES string of the molecule is NC1(C(=O)NCc2ccc(N3CCCCC3=O)cc2)CCOCC1. The molecule has 0 saturated carbocycles. The third-order valence-electron chi connectivity index (χ3n) is 4.86. The molecule has 6 heteroatoms. The van der Waals surface area contributed by atoms with Crippen LogP contribution in [0, 0.1) is 0 Å². The molecule has 0 unspecified atom stereocenters. The number of hydrogen-bond donors (Lipinski definition) is 2. The fourth-order valence-electron chi connectivity index (χ4n) is 3.19. The van der Waals surface area contributed by atoms with Crippen LogP contribution in [0.1, 0.15) is 37.7 Å². The van der Waals surface area contributed by atoms with Crippen LogP contribution in [0.3, 0.4) is 0 Å². The molecule has 6 nitrogen and oxygen atoms in total. The van der Waals surface area contributed by atoms with E-state index in [2.05, 4.69) is 5.32 Å². The topological polar surface area (TPSA) is 84.7 Å². The van der Waals surface area contributed by atoms with Crippen LogP contribution in [0.2, 0.25) is 0 Å². The molecule has 0 spiro atoms. The number of benzene rings is 1. The molecule has 2 amide bonds. The quantitative estimate of drug-likeness (QED) is 0.872. The molecule has 0 aromatic heterocycles. The first-order valence-electron chi connectivity index (χ1n) is 8.63. The van der Waals surface area contributed by atoms with Crippen molar-refractivity contribution >= 4 is 17.5 Å². The minimum atomic E-state index is -0.821. The number of anilines is 1. The summed E-state index contributed by atoms with van der Waals surface area (Å²) in [5.41, 5.74) is 7.26. The molecule has 3 rings (SSSR count). The number of rotatable bonds is 4. The Labute approximate surface area is 142 Å². The molecule has 0 aliphatic carbocycles. The zero-order chi connectivity index (χ0) is 17.0. The third-order valence-corrected chi connectivity index (χ3v) is 4.86. The second-order valence-electron chi connectivity index (χ2n) is 6.62. The van der Waals surface area contributed by atoms with Crippen LogP contribution in [-0.2, 0) is 20.9 Å². The molecule has 0 atom stereocenters. The molecule has 1 aromatic carbocycles. The Morgan fingerprint density at radius 1 is 1.21 bits per heavy atom. The van der Waals surface area contributed by atoms with Gasteiger partial charge in [-0.25, -0.2) is 0 Å². The molecule has 0 radical (unpaired) electrons. The fourth-order valence-corrected chi connectivity index (χ4v) is 3.19. The average Bonchev–Trinajstić information content (AvgIpc) is 2.61. The van der Waals surface area contributed by atoms with Gasteiger partial charge in [0.05, 0.1) is 5.54 Å². The number of nitrogens with one attached hydrogen (secondary N) is 1. The molecule has 2 heterocycles. The second kappa shape index (κ2) is 7.32. The van der Waals surface area contributed by atoms with E-state index in [4.69, 9.17) is 10.5 Å². The van der Waals surface area contributed by atoms with E-state index >= 15 is 0 Å². The Morgan fingerprint density at radius 2 is 1.92 bits per heavy atom. The van der Waals surface area contributed by atoms with E-state index in [-0.39, 0.29) is 11.8 Å². The van der Waals surface area contributed by atoms with Crippen molar-refractivity contribution in [2.75, 3.05) is 24.7 Å². The summed E-state index contributed by atoms with van der Waals surface area (Å²) < 4.78 is 5.27. The van der Waals surface area contributed by atoms with Gasteiger partial charge < -0.3 is 20.7 Å². The Bertz CT molecular complexity index is 594. The lowest BCUT2D eigenvalue weighted by Gasteiger charge is -2.31. The Hall–Kier alpha value is -1.92. The third kappa shape index (κ3) is 3.76. The first-order valence-corrected chi connectivity index (χ1v) is 8.63. The Balaban J connectivity index is 1.56. The van der Waals surface area contributed by atoms with Crippen LogP contribution in [0.15, 0.2) is 24.3 Å². The maximum Gasteiger partial charge on any atom is 0.240 e. The number of piperidine rings is 1. The summed E-state index contributed by atoms with van der Waals surface area (Å²) >= 11 is 0. The summed E-state index contributed by atoms with van der Waals surface area (Å²) in [6.07, 6.45) is 3.75. The van der Waals surface area contributed by atoms with E-state index in [1.165, 1.54) is 0 Å². The summed E-state index contributed by atoms with van der Waals surface area (Å²) in [5.74, 6) is 0.0629. The molecular weight excluding hydrogens is 306 g/mol. The van der Waals surface area contributed by atoms with E-state index in [0.29, 0.717) is 39.0 Å². The normalized spacial score (nSPS) is 20.7. The maximum absolute atomic E-state index is 12.3. The van der Waals surface area contributed by atoms with Crippen LogP contribution in [-0.4, -0.2) is 37.1 Å². The van der Waals surface area contributed by atoms with Crippen LogP contribution >= 0.6 is 0 Å². The van der Waals surface area contributed by atoms with Crippen LogP contribution in [0.4, 0.5) is 5.69 Å². The predicted molar refractivity (Wildman–Crippen MR) is 91.5 cm³/mol. The molecular formula is C18H25N3O3. The van der Waals surface area contributed by atoms with E-state index < -0.39 is 5.54 Å². The first kappa shape index (κ1) is 16.9. The lowest BCUT2D eigenvalue weighted by molar-refractivity contribution is -0.129. The highest BCUT2D eigenvalue weighted by atomic mass is 16.5. The number of carbonyl (C=O) groups is 2. The lowest BCUT2D eigenvalue weighted by Crippen LogP contribution is -2.56. The van der Waals surface area contributed by atoms with Gasteiger partial charge in [0.2, 0.25) is 11.8 Å². The van der Waals surface area contributed by atoms with E-state index in [1.54, 1.807) is 0 Å². The molecule has 2 saturated heterocycles. The standard InChI is InChI=1S/C18H25N3O3/c19-18(8-11-24-12-9-18)17(23)20-13-14-4-6-15(7-5-14)21-10-2-1-3-16(21)22/h4-7H,1-3,8-13,19H2,(H,20,23). The summed E-state index contributed by atoms with van der Waals surface area (Å²) in [5, 5.41) is 2.92. The minimum absolute atomic E-state index is 0.124. The van der Waals surface area contributed by atoms with E-state index in [1.807, 2.05) is 29.2 Å². The van der Waals surface area contributed by atoms with Gasteiger partial charge in [0, 0.05) is 38.4 Å². The Kier molecular flexibility index (Phi) is 5.16. The number of nitrogens with zero attached hydrogens (tertiary/aromatic N) is 1.